The molecule has 0 saturated heterocycles. The zero-order chi connectivity index (χ0) is 15.5. The monoisotopic (exact) mass is 302 g/mol. The van der Waals surface area contributed by atoms with Crippen molar-refractivity contribution in [2.24, 2.45) is 5.92 Å². The Morgan fingerprint density at radius 2 is 2.27 bits per heavy atom. The number of aliphatic hydroxyl groups excluding tert-OH is 1. The van der Waals surface area contributed by atoms with Gasteiger partial charge in [0.25, 0.3) is 0 Å². The molecule has 2 unspecified atom stereocenters. The van der Waals surface area contributed by atoms with Gasteiger partial charge in [-0.15, -0.1) is 0 Å². The van der Waals surface area contributed by atoms with Gasteiger partial charge < -0.3 is 19.7 Å². The standard InChI is InChI=1S/C17H22N2O3/c1-22-10-9-19-8-7-12-5-6-13(11-15(12)19)18-17(21)14-3-2-4-16(14)20/h5-8,11,14,16,20H,2-4,9-10H2,1H3,(H,18,21). The Morgan fingerprint density at radius 3 is 3.00 bits per heavy atom. The Morgan fingerprint density at radius 1 is 1.41 bits per heavy atom. The Balaban J connectivity index is 1.77. The van der Waals surface area contributed by atoms with Crippen LogP contribution in [0.4, 0.5) is 5.69 Å². The van der Waals surface area contributed by atoms with E-state index in [1.807, 2.05) is 24.4 Å². The average Bonchev–Trinajstić information content (AvgIpc) is 3.11. The molecule has 1 aliphatic carbocycles. The summed E-state index contributed by atoms with van der Waals surface area (Å²) in [5.41, 5.74) is 1.84. The summed E-state index contributed by atoms with van der Waals surface area (Å²) in [5.74, 6) is -0.365. The quantitative estimate of drug-likeness (QED) is 0.891. The van der Waals surface area contributed by atoms with E-state index in [2.05, 4.69) is 16.0 Å². The second kappa shape index (κ2) is 6.50. The van der Waals surface area contributed by atoms with Gasteiger partial charge in [-0.1, -0.05) is 6.07 Å². The molecule has 1 aliphatic rings. The van der Waals surface area contributed by atoms with Crippen molar-refractivity contribution < 1.29 is 14.6 Å². The van der Waals surface area contributed by atoms with Crippen molar-refractivity contribution in [1.29, 1.82) is 0 Å². The van der Waals surface area contributed by atoms with Gasteiger partial charge in [-0.05, 0) is 42.8 Å². The maximum absolute atomic E-state index is 12.3. The lowest BCUT2D eigenvalue weighted by molar-refractivity contribution is -0.122. The molecule has 5 nitrogen and oxygen atoms in total. The maximum atomic E-state index is 12.3. The minimum Gasteiger partial charge on any atom is -0.392 e. The Kier molecular flexibility index (Phi) is 4.45. The third-order valence-corrected chi connectivity index (χ3v) is 4.39. The number of anilines is 1. The minimum absolute atomic E-state index is 0.0839. The van der Waals surface area contributed by atoms with Gasteiger partial charge in [-0.3, -0.25) is 4.79 Å². The van der Waals surface area contributed by atoms with E-state index in [1.165, 1.54) is 0 Å². The van der Waals surface area contributed by atoms with Gasteiger partial charge in [0, 0.05) is 25.5 Å². The smallest absolute Gasteiger partial charge is 0.230 e. The molecule has 0 spiro atoms. The molecule has 2 atom stereocenters. The van der Waals surface area contributed by atoms with Gasteiger partial charge >= 0.3 is 0 Å². The van der Waals surface area contributed by atoms with Crippen LogP contribution < -0.4 is 5.32 Å². The summed E-state index contributed by atoms with van der Waals surface area (Å²) in [6.07, 6.45) is 3.92. The topological polar surface area (TPSA) is 63.5 Å². The molecule has 1 fully saturated rings. The number of rotatable bonds is 5. The van der Waals surface area contributed by atoms with E-state index in [-0.39, 0.29) is 11.8 Å². The number of ether oxygens (including phenoxy) is 1. The second-order valence-electron chi connectivity index (χ2n) is 5.87. The van der Waals surface area contributed by atoms with Crippen molar-refractivity contribution in [2.45, 2.75) is 31.9 Å². The van der Waals surface area contributed by atoms with E-state index in [1.54, 1.807) is 7.11 Å². The molecule has 5 heteroatoms. The van der Waals surface area contributed by atoms with E-state index < -0.39 is 6.10 Å². The number of nitrogens with zero attached hydrogens (tertiary/aromatic N) is 1. The summed E-state index contributed by atoms with van der Waals surface area (Å²) in [7, 11) is 1.68. The minimum atomic E-state index is -0.505. The molecule has 1 aromatic heterocycles. The SMILES string of the molecule is COCCn1ccc2ccc(NC(=O)C3CCCC3O)cc21. The number of hydrogen-bond acceptors (Lipinski definition) is 3. The number of benzene rings is 1. The number of aliphatic hydroxyl groups is 1. The molecular weight excluding hydrogens is 280 g/mol. The van der Waals surface area contributed by atoms with Crippen LogP contribution in [0.1, 0.15) is 19.3 Å². The summed E-state index contributed by atoms with van der Waals surface area (Å²) in [6.45, 7) is 1.42. The number of amides is 1. The predicted molar refractivity (Wildman–Crippen MR) is 85.8 cm³/mol. The summed E-state index contributed by atoms with van der Waals surface area (Å²) in [6, 6.07) is 7.93. The molecule has 2 aromatic rings. The number of carbonyl (C=O) groups is 1. The molecule has 1 heterocycles. The predicted octanol–water partition coefficient (Wildman–Crippen LogP) is 2.39. The highest BCUT2D eigenvalue weighted by atomic mass is 16.5. The zero-order valence-electron chi connectivity index (χ0n) is 12.8. The van der Waals surface area contributed by atoms with Crippen molar-refractivity contribution in [1.82, 2.24) is 4.57 Å². The number of nitrogens with one attached hydrogen (secondary N) is 1. The third-order valence-electron chi connectivity index (χ3n) is 4.39. The van der Waals surface area contributed by atoms with Crippen molar-refractivity contribution in [2.75, 3.05) is 19.0 Å². The van der Waals surface area contributed by atoms with Gasteiger partial charge in [0.2, 0.25) is 5.91 Å². The van der Waals surface area contributed by atoms with E-state index in [4.69, 9.17) is 4.74 Å². The normalized spacial score (nSPS) is 21.4. The first kappa shape index (κ1) is 15.1. The van der Waals surface area contributed by atoms with Crippen molar-refractivity contribution in [3.8, 4) is 0 Å². The van der Waals surface area contributed by atoms with Crippen LogP contribution in [-0.2, 0) is 16.1 Å². The van der Waals surface area contributed by atoms with E-state index >= 15 is 0 Å². The lowest BCUT2D eigenvalue weighted by Crippen LogP contribution is -2.28. The first-order valence-corrected chi connectivity index (χ1v) is 7.76. The van der Waals surface area contributed by atoms with Gasteiger partial charge in [0.1, 0.15) is 0 Å². The summed E-state index contributed by atoms with van der Waals surface area (Å²) in [5, 5.41) is 13.9. The highest BCUT2D eigenvalue weighted by Crippen LogP contribution is 2.27. The zero-order valence-corrected chi connectivity index (χ0v) is 12.8. The van der Waals surface area contributed by atoms with Crippen LogP contribution in [0.3, 0.4) is 0 Å². The number of methoxy groups -OCH3 is 1. The van der Waals surface area contributed by atoms with Crippen molar-refractivity contribution in [3.05, 3.63) is 30.5 Å². The highest BCUT2D eigenvalue weighted by molar-refractivity contribution is 5.95. The van der Waals surface area contributed by atoms with Crippen LogP contribution >= 0.6 is 0 Å². The molecule has 0 radical (unpaired) electrons. The molecule has 3 rings (SSSR count). The van der Waals surface area contributed by atoms with Crippen LogP contribution in [-0.4, -0.2) is 35.4 Å². The molecule has 0 bridgehead atoms. The largest absolute Gasteiger partial charge is 0.392 e. The molecule has 2 N–H and O–H groups in total. The van der Waals surface area contributed by atoms with Crippen LogP contribution in [0.5, 0.6) is 0 Å². The molecule has 1 amide bonds. The van der Waals surface area contributed by atoms with Crippen LogP contribution in [0, 0.1) is 5.92 Å². The van der Waals surface area contributed by atoms with Crippen LogP contribution in [0.15, 0.2) is 30.5 Å². The van der Waals surface area contributed by atoms with E-state index in [9.17, 15) is 9.90 Å². The van der Waals surface area contributed by atoms with Gasteiger partial charge in [-0.2, -0.15) is 0 Å². The molecule has 22 heavy (non-hydrogen) atoms. The number of hydrogen-bond donors (Lipinski definition) is 2. The third kappa shape index (κ3) is 3.00. The first-order valence-electron chi connectivity index (χ1n) is 7.76. The molecule has 1 aromatic carbocycles. The first-order chi connectivity index (χ1) is 10.7. The Bertz CT molecular complexity index is 665. The molecule has 1 saturated carbocycles. The van der Waals surface area contributed by atoms with Crippen molar-refractivity contribution in [3.63, 3.8) is 0 Å². The second-order valence-corrected chi connectivity index (χ2v) is 5.87. The van der Waals surface area contributed by atoms with Gasteiger partial charge in [0.15, 0.2) is 0 Å². The van der Waals surface area contributed by atoms with Crippen LogP contribution in [0.25, 0.3) is 10.9 Å². The Labute approximate surface area is 129 Å². The number of carbonyl (C=O) groups excluding carboxylic acids is 1. The fourth-order valence-electron chi connectivity index (χ4n) is 3.13. The molecule has 118 valence electrons. The maximum Gasteiger partial charge on any atom is 0.230 e. The fourth-order valence-corrected chi connectivity index (χ4v) is 3.13. The number of fused-ring (bicyclic) bond motifs is 1. The summed E-state index contributed by atoms with van der Waals surface area (Å²) < 4.78 is 7.23. The molecule has 0 aliphatic heterocycles. The molecular formula is C17H22N2O3. The van der Waals surface area contributed by atoms with E-state index in [0.29, 0.717) is 6.61 Å². The Hall–Kier alpha value is -1.85. The fraction of sp³-hybridized carbons (Fsp3) is 0.471. The van der Waals surface area contributed by atoms with Crippen molar-refractivity contribution >= 4 is 22.5 Å². The number of aromatic nitrogens is 1. The lowest BCUT2D eigenvalue weighted by Gasteiger charge is -2.14. The van der Waals surface area contributed by atoms with E-state index in [0.717, 1.165) is 42.4 Å². The van der Waals surface area contributed by atoms with Gasteiger partial charge in [-0.25, -0.2) is 0 Å². The summed E-state index contributed by atoms with van der Waals surface area (Å²) in [4.78, 5) is 12.3. The lowest BCUT2D eigenvalue weighted by atomic mass is 10.1. The summed E-state index contributed by atoms with van der Waals surface area (Å²) >= 11 is 0. The average molecular weight is 302 g/mol. The van der Waals surface area contributed by atoms with Crippen LogP contribution in [0.2, 0.25) is 0 Å². The highest BCUT2D eigenvalue weighted by Gasteiger charge is 2.31. The van der Waals surface area contributed by atoms with Gasteiger partial charge in [0.05, 0.1) is 24.1 Å².